The van der Waals surface area contributed by atoms with Gasteiger partial charge in [-0.2, -0.15) is 0 Å². The molecule has 0 aliphatic carbocycles. The van der Waals surface area contributed by atoms with Gasteiger partial charge in [-0.1, -0.05) is 0 Å². The van der Waals surface area contributed by atoms with Crippen molar-refractivity contribution in [1.82, 2.24) is 9.97 Å². The Morgan fingerprint density at radius 2 is 2.07 bits per heavy atom. The maximum atomic E-state index is 5.60. The molecule has 2 rings (SSSR count). The number of pyridine rings is 2. The summed E-state index contributed by atoms with van der Waals surface area (Å²) in [7, 11) is 0. The molecular weight excluding hydrogens is 190 g/mol. The molecule has 4 nitrogen and oxygen atoms in total. The third-order valence-electron chi connectivity index (χ3n) is 1.87. The number of nitrogens with zero attached hydrogens (tertiary/aromatic N) is 2. The van der Waals surface area contributed by atoms with Crippen LogP contribution in [0.2, 0.25) is 0 Å². The van der Waals surface area contributed by atoms with Crippen LogP contribution in [0.5, 0.6) is 11.6 Å². The zero-order valence-electron chi connectivity index (χ0n) is 8.34. The SMILES string of the molecule is Cc1ccc(Oc2cc(N)ccn2)cn1. The Bertz CT molecular complexity index is 454. The van der Waals surface area contributed by atoms with Crippen LogP contribution in [-0.2, 0) is 0 Å². The highest BCUT2D eigenvalue weighted by molar-refractivity contribution is 5.40. The monoisotopic (exact) mass is 201 g/mol. The van der Waals surface area contributed by atoms with E-state index in [4.69, 9.17) is 10.5 Å². The molecule has 2 aromatic rings. The molecule has 0 unspecified atom stereocenters. The Morgan fingerprint density at radius 1 is 1.20 bits per heavy atom. The Morgan fingerprint density at radius 3 is 2.73 bits per heavy atom. The molecule has 0 atom stereocenters. The number of aryl methyl sites for hydroxylation is 1. The molecule has 2 aromatic heterocycles. The number of ether oxygens (including phenoxy) is 1. The third-order valence-corrected chi connectivity index (χ3v) is 1.87. The molecule has 0 radical (unpaired) electrons. The van der Waals surface area contributed by atoms with E-state index in [1.54, 1.807) is 24.5 Å². The quantitative estimate of drug-likeness (QED) is 0.808. The third kappa shape index (κ3) is 2.43. The van der Waals surface area contributed by atoms with Crippen LogP contribution >= 0.6 is 0 Å². The lowest BCUT2D eigenvalue weighted by Gasteiger charge is -2.04. The van der Waals surface area contributed by atoms with Gasteiger partial charge in [0.25, 0.3) is 0 Å². The molecule has 0 aliphatic heterocycles. The van der Waals surface area contributed by atoms with Crippen LogP contribution in [0.1, 0.15) is 5.69 Å². The maximum Gasteiger partial charge on any atom is 0.221 e. The second-order valence-corrected chi connectivity index (χ2v) is 3.16. The summed E-state index contributed by atoms with van der Waals surface area (Å²) in [5, 5.41) is 0. The summed E-state index contributed by atoms with van der Waals surface area (Å²) in [6.45, 7) is 1.92. The van der Waals surface area contributed by atoms with Crippen LogP contribution in [0.25, 0.3) is 0 Å². The summed E-state index contributed by atoms with van der Waals surface area (Å²) >= 11 is 0. The maximum absolute atomic E-state index is 5.60. The second kappa shape index (κ2) is 3.96. The van der Waals surface area contributed by atoms with Gasteiger partial charge in [-0.15, -0.1) is 0 Å². The highest BCUT2D eigenvalue weighted by Gasteiger charge is 1.98. The average molecular weight is 201 g/mol. The molecule has 2 N–H and O–H groups in total. The van der Waals surface area contributed by atoms with E-state index in [-0.39, 0.29) is 0 Å². The van der Waals surface area contributed by atoms with Crippen LogP contribution in [0.4, 0.5) is 5.69 Å². The van der Waals surface area contributed by atoms with Gasteiger partial charge in [0.15, 0.2) is 0 Å². The summed E-state index contributed by atoms with van der Waals surface area (Å²) in [6.07, 6.45) is 3.26. The number of aromatic nitrogens is 2. The summed E-state index contributed by atoms with van der Waals surface area (Å²) in [6, 6.07) is 7.09. The minimum atomic E-state index is 0.473. The Kier molecular flexibility index (Phi) is 2.49. The van der Waals surface area contributed by atoms with Crippen molar-refractivity contribution >= 4 is 5.69 Å². The normalized spacial score (nSPS) is 9.93. The van der Waals surface area contributed by atoms with Gasteiger partial charge in [-0.25, -0.2) is 4.98 Å². The van der Waals surface area contributed by atoms with Crippen LogP contribution in [0, 0.1) is 6.92 Å². The number of nitrogen functional groups attached to an aromatic ring is 1. The minimum absolute atomic E-state index is 0.473. The predicted molar refractivity (Wildman–Crippen MR) is 57.7 cm³/mol. The van der Waals surface area contributed by atoms with E-state index in [1.165, 1.54) is 0 Å². The number of rotatable bonds is 2. The van der Waals surface area contributed by atoms with Gasteiger partial charge >= 0.3 is 0 Å². The lowest BCUT2D eigenvalue weighted by Crippen LogP contribution is -1.91. The number of hydrogen-bond donors (Lipinski definition) is 1. The van der Waals surface area contributed by atoms with E-state index in [0.717, 1.165) is 5.69 Å². The van der Waals surface area contributed by atoms with Gasteiger partial charge in [0.2, 0.25) is 5.88 Å². The van der Waals surface area contributed by atoms with Crippen molar-refractivity contribution in [3.8, 4) is 11.6 Å². The fourth-order valence-corrected chi connectivity index (χ4v) is 1.12. The molecule has 0 bridgehead atoms. The van der Waals surface area contributed by atoms with Crippen molar-refractivity contribution < 1.29 is 4.74 Å². The predicted octanol–water partition coefficient (Wildman–Crippen LogP) is 2.16. The Balaban J connectivity index is 2.18. The Hall–Kier alpha value is -2.10. The zero-order chi connectivity index (χ0) is 10.7. The van der Waals surface area contributed by atoms with Crippen LogP contribution in [0.3, 0.4) is 0 Å². The summed E-state index contributed by atoms with van der Waals surface area (Å²) < 4.78 is 5.46. The molecule has 2 heterocycles. The van der Waals surface area contributed by atoms with Crippen molar-refractivity contribution in [1.29, 1.82) is 0 Å². The first kappa shape index (κ1) is 9.45. The minimum Gasteiger partial charge on any atom is -0.437 e. The zero-order valence-corrected chi connectivity index (χ0v) is 8.34. The van der Waals surface area contributed by atoms with Gasteiger partial charge in [0.1, 0.15) is 5.75 Å². The van der Waals surface area contributed by atoms with Crippen molar-refractivity contribution in [2.24, 2.45) is 0 Å². The smallest absolute Gasteiger partial charge is 0.221 e. The molecule has 0 spiro atoms. The van der Waals surface area contributed by atoms with Crippen LogP contribution < -0.4 is 10.5 Å². The highest BCUT2D eigenvalue weighted by atomic mass is 16.5. The summed E-state index contributed by atoms with van der Waals surface area (Å²) in [5.74, 6) is 1.12. The van der Waals surface area contributed by atoms with Crippen molar-refractivity contribution in [2.45, 2.75) is 6.92 Å². The van der Waals surface area contributed by atoms with Gasteiger partial charge in [0, 0.05) is 23.6 Å². The molecule has 0 amide bonds. The fraction of sp³-hybridized carbons (Fsp3) is 0.0909. The van der Waals surface area contributed by atoms with Crippen molar-refractivity contribution in [2.75, 3.05) is 5.73 Å². The molecular formula is C11H11N3O. The van der Waals surface area contributed by atoms with Crippen LogP contribution in [-0.4, -0.2) is 9.97 Å². The van der Waals surface area contributed by atoms with Gasteiger partial charge in [0.05, 0.1) is 6.20 Å². The molecule has 0 saturated heterocycles. The molecule has 15 heavy (non-hydrogen) atoms. The largest absolute Gasteiger partial charge is 0.437 e. The molecule has 0 aliphatic rings. The van der Waals surface area contributed by atoms with Crippen molar-refractivity contribution in [3.63, 3.8) is 0 Å². The fourth-order valence-electron chi connectivity index (χ4n) is 1.12. The Labute approximate surface area is 87.7 Å². The molecule has 76 valence electrons. The lowest BCUT2D eigenvalue weighted by molar-refractivity contribution is 0.461. The first-order valence-corrected chi connectivity index (χ1v) is 4.56. The van der Waals surface area contributed by atoms with E-state index in [1.807, 2.05) is 19.1 Å². The molecule has 0 fully saturated rings. The van der Waals surface area contributed by atoms with E-state index in [0.29, 0.717) is 17.3 Å². The average Bonchev–Trinajstić information content (AvgIpc) is 2.22. The highest BCUT2D eigenvalue weighted by Crippen LogP contribution is 2.19. The van der Waals surface area contributed by atoms with E-state index >= 15 is 0 Å². The summed E-state index contributed by atoms with van der Waals surface area (Å²) in [5.41, 5.74) is 7.17. The lowest BCUT2D eigenvalue weighted by atomic mass is 10.4. The molecule has 0 aromatic carbocycles. The first-order chi connectivity index (χ1) is 7.24. The van der Waals surface area contributed by atoms with Gasteiger partial charge in [-0.3, -0.25) is 4.98 Å². The standard InChI is InChI=1S/C11H11N3O/c1-8-2-3-10(7-14-8)15-11-6-9(12)4-5-13-11/h2-7H,1H3,(H2,12,13). The second-order valence-electron chi connectivity index (χ2n) is 3.16. The van der Waals surface area contributed by atoms with E-state index in [9.17, 15) is 0 Å². The van der Waals surface area contributed by atoms with Gasteiger partial charge in [-0.05, 0) is 25.1 Å². The van der Waals surface area contributed by atoms with E-state index < -0.39 is 0 Å². The number of nitrogens with two attached hydrogens (primary N) is 1. The number of anilines is 1. The van der Waals surface area contributed by atoms with Gasteiger partial charge < -0.3 is 10.5 Å². The molecule has 4 heteroatoms. The van der Waals surface area contributed by atoms with Crippen LogP contribution in [0.15, 0.2) is 36.7 Å². The molecule has 0 saturated carbocycles. The van der Waals surface area contributed by atoms with E-state index in [2.05, 4.69) is 9.97 Å². The first-order valence-electron chi connectivity index (χ1n) is 4.56. The summed E-state index contributed by atoms with van der Waals surface area (Å²) in [4.78, 5) is 8.14. The topological polar surface area (TPSA) is 61.0 Å². The number of hydrogen-bond acceptors (Lipinski definition) is 4. The van der Waals surface area contributed by atoms with Crippen molar-refractivity contribution in [3.05, 3.63) is 42.4 Å².